The SMILES string of the molecule is CC(C)n1nc(-c2nnc(C3CCN(CC4CCOCC4)CC3)o2)c2c3oc(=O)c(=O)oc3ccc21. The molecule has 2 aliphatic rings. The van der Waals surface area contributed by atoms with Gasteiger partial charge in [-0.15, -0.1) is 10.2 Å². The van der Waals surface area contributed by atoms with Crippen LogP contribution in [-0.2, 0) is 4.74 Å². The summed E-state index contributed by atoms with van der Waals surface area (Å²) in [7, 11) is 0. The third kappa shape index (κ3) is 4.16. The van der Waals surface area contributed by atoms with Gasteiger partial charge in [-0.2, -0.15) is 5.10 Å². The molecule has 0 aliphatic carbocycles. The highest BCUT2D eigenvalue weighted by atomic mass is 16.5. The van der Waals surface area contributed by atoms with Gasteiger partial charge in [-0.25, -0.2) is 9.59 Å². The van der Waals surface area contributed by atoms with Crippen LogP contribution in [0.15, 0.2) is 35.0 Å². The summed E-state index contributed by atoms with van der Waals surface area (Å²) >= 11 is 0. The molecule has 36 heavy (non-hydrogen) atoms. The number of piperidine rings is 1. The smallest absolute Gasteiger partial charge is 0.419 e. The largest absolute Gasteiger partial charge is 0.423 e. The van der Waals surface area contributed by atoms with E-state index in [2.05, 4.69) is 15.1 Å². The van der Waals surface area contributed by atoms with Crippen LogP contribution in [0.5, 0.6) is 0 Å². The van der Waals surface area contributed by atoms with Gasteiger partial charge in [0.1, 0.15) is 0 Å². The Morgan fingerprint density at radius 2 is 1.72 bits per heavy atom. The Labute approximate surface area is 206 Å². The van der Waals surface area contributed by atoms with E-state index >= 15 is 0 Å². The summed E-state index contributed by atoms with van der Waals surface area (Å²) < 4.78 is 23.9. The number of benzene rings is 1. The fourth-order valence-corrected chi connectivity index (χ4v) is 5.34. The normalized spacial score (nSPS) is 18.6. The second-order valence-corrected chi connectivity index (χ2v) is 10.0. The molecule has 0 amide bonds. The lowest BCUT2D eigenvalue weighted by Crippen LogP contribution is -2.38. The van der Waals surface area contributed by atoms with Crippen molar-refractivity contribution in [2.75, 3.05) is 32.8 Å². The molecular weight excluding hydrogens is 466 g/mol. The van der Waals surface area contributed by atoms with Gasteiger partial charge in [-0.3, -0.25) is 4.68 Å². The second kappa shape index (κ2) is 9.29. The van der Waals surface area contributed by atoms with Crippen LogP contribution in [0.4, 0.5) is 0 Å². The fraction of sp³-hybridized carbons (Fsp3) is 0.560. The maximum absolute atomic E-state index is 12.0. The lowest BCUT2D eigenvalue weighted by atomic mass is 9.94. The zero-order valence-electron chi connectivity index (χ0n) is 20.4. The highest BCUT2D eigenvalue weighted by Gasteiger charge is 2.29. The van der Waals surface area contributed by atoms with Crippen LogP contribution in [0.1, 0.15) is 57.4 Å². The Bertz CT molecular complexity index is 1500. The first-order chi connectivity index (χ1) is 17.5. The van der Waals surface area contributed by atoms with E-state index in [1.807, 2.05) is 13.8 Å². The molecular formula is C25H29N5O6. The highest BCUT2D eigenvalue weighted by Crippen LogP contribution is 2.36. The minimum absolute atomic E-state index is 0.0172. The number of aromatic nitrogens is 4. The van der Waals surface area contributed by atoms with E-state index in [9.17, 15) is 9.59 Å². The molecule has 6 rings (SSSR count). The molecule has 0 bridgehead atoms. The monoisotopic (exact) mass is 495 g/mol. The van der Waals surface area contributed by atoms with Gasteiger partial charge in [0, 0.05) is 31.7 Å². The Morgan fingerprint density at radius 3 is 2.47 bits per heavy atom. The van der Waals surface area contributed by atoms with Crippen LogP contribution in [0.3, 0.4) is 0 Å². The van der Waals surface area contributed by atoms with Gasteiger partial charge in [-0.05, 0) is 70.7 Å². The van der Waals surface area contributed by atoms with E-state index in [0.717, 1.165) is 58.5 Å². The lowest BCUT2D eigenvalue weighted by molar-refractivity contribution is 0.0483. The topological polar surface area (TPSA) is 130 Å². The molecule has 1 aromatic carbocycles. The number of hydrogen-bond acceptors (Lipinski definition) is 10. The molecule has 5 heterocycles. The minimum atomic E-state index is -1.07. The van der Waals surface area contributed by atoms with E-state index < -0.39 is 11.3 Å². The predicted molar refractivity (Wildman–Crippen MR) is 130 cm³/mol. The third-order valence-electron chi connectivity index (χ3n) is 7.28. The number of rotatable bonds is 5. The third-order valence-corrected chi connectivity index (χ3v) is 7.28. The van der Waals surface area contributed by atoms with Crippen molar-refractivity contribution >= 4 is 22.1 Å². The zero-order valence-corrected chi connectivity index (χ0v) is 20.4. The second-order valence-electron chi connectivity index (χ2n) is 10.0. The standard InChI is InChI=1S/C25H29N5O6/c1-14(2)30-17-3-4-18-21(35-25(32)24(31)34-18)19(17)20(28-30)23-27-26-22(36-23)16-5-9-29(10-6-16)13-15-7-11-33-12-8-15/h3-4,14-16H,5-13H2,1-2H3. The summed E-state index contributed by atoms with van der Waals surface area (Å²) in [5, 5.41) is 13.9. The molecule has 0 unspecified atom stereocenters. The number of ether oxygens (including phenoxy) is 1. The number of fused-ring (bicyclic) bond motifs is 3. The Morgan fingerprint density at radius 1 is 0.972 bits per heavy atom. The molecule has 0 radical (unpaired) electrons. The Balaban J connectivity index is 1.29. The molecule has 2 fully saturated rings. The van der Waals surface area contributed by atoms with E-state index in [1.54, 1.807) is 16.8 Å². The maximum atomic E-state index is 12.0. The summed E-state index contributed by atoms with van der Waals surface area (Å²) in [6.07, 6.45) is 4.19. The first-order valence-electron chi connectivity index (χ1n) is 12.6. The molecule has 0 saturated carbocycles. The average molecular weight is 496 g/mol. The van der Waals surface area contributed by atoms with Gasteiger partial charge in [-0.1, -0.05) is 0 Å². The summed E-state index contributed by atoms with van der Waals surface area (Å²) in [5.74, 6) is 1.74. The summed E-state index contributed by atoms with van der Waals surface area (Å²) in [4.78, 5) is 26.2. The van der Waals surface area contributed by atoms with Crippen LogP contribution in [0.2, 0.25) is 0 Å². The molecule has 0 N–H and O–H groups in total. The van der Waals surface area contributed by atoms with Crippen LogP contribution in [0.25, 0.3) is 33.7 Å². The fourth-order valence-electron chi connectivity index (χ4n) is 5.34. The molecule has 2 aliphatic heterocycles. The molecule has 4 aromatic rings. The van der Waals surface area contributed by atoms with Crippen LogP contribution in [-0.4, -0.2) is 57.7 Å². The van der Waals surface area contributed by atoms with Crippen molar-refractivity contribution in [1.82, 2.24) is 24.9 Å². The molecule has 0 spiro atoms. The number of hydrogen-bond donors (Lipinski definition) is 0. The van der Waals surface area contributed by atoms with E-state index in [4.69, 9.17) is 23.1 Å². The number of nitrogens with zero attached hydrogens (tertiary/aromatic N) is 5. The molecule has 11 nitrogen and oxygen atoms in total. The van der Waals surface area contributed by atoms with E-state index in [0.29, 0.717) is 28.4 Å². The van der Waals surface area contributed by atoms with Crippen molar-refractivity contribution in [3.8, 4) is 11.6 Å². The van der Waals surface area contributed by atoms with Crippen molar-refractivity contribution < 1.29 is 18.0 Å². The summed E-state index contributed by atoms with van der Waals surface area (Å²) in [5.41, 5.74) is -0.712. The maximum Gasteiger partial charge on any atom is 0.423 e. The summed E-state index contributed by atoms with van der Waals surface area (Å²) in [6, 6.07) is 3.39. The van der Waals surface area contributed by atoms with Crippen molar-refractivity contribution in [3.63, 3.8) is 0 Å². The van der Waals surface area contributed by atoms with Gasteiger partial charge in [0.2, 0.25) is 5.89 Å². The van der Waals surface area contributed by atoms with Gasteiger partial charge < -0.3 is 22.9 Å². The van der Waals surface area contributed by atoms with Crippen molar-refractivity contribution in [3.05, 3.63) is 38.9 Å². The van der Waals surface area contributed by atoms with Gasteiger partial charge >= 0.3 is 11.3 Å². The highest BCUT2D eigenvalue weighted by molar-refractivity contribution is 6.07. The van der Waals surface area contributed by atoms with Gasteiger partial charge in [0.25, 0.3) is 5.89 Å². The molecule has 2 saturated heterocycles. The zero-order chi connectivity index (χ0) is 24.8. The van der Waals surface area contributed by atoms with E-state index in [-0.39, 0.29) is 29.0 Å². The molecule has 11 heteroatoms. The van der Waals surface area contributed by atoms with Crippen molar-refractivity contribution in [2.24, 2.45) is 5.92 Å². The van der Waals surface area contributed by atoms with Crippen molar-refractivity contribution in [1.29, 1.82) is 0 Å². The number of likely N-dealkylation sites (tertiary alicyclic amines) is 1. The Hall–Kier alpha value is -3.31. The first kappa shape index (κ1) is 23.1. The molecule has 0 atom stereocenters. The molecule has 3 aromatic heterocycles. The van der Waals surface area contributed by atoms with Crippen molar-refractivity contribution in [2.45, 2.75) is 51.5 Å². The quantitative estimate of drug-likeness (QED) is 0.380. The van der Waals surface area contributed by atoms with Crippen LogP contribution in [0, 0.1) is 5.92 Å². The first-order valence-corrected chi connectivity index (χ1v) is 12.6. The van der Waals surface area contributed by atoms with Crippen LogP contribution >= 0.6 is 0 Å². The summed E-state index contributed by atoms with van der Waals surface area (Å²) in [6.45, 7) is 8.86. The molecule has 190 valence electrons. The van der Waals surface area contributed by atoms with Gasteiger partial charge in [0.05, 0.1) is 10.9 Å². The average Bonchev–Trinajstić information content (AvgIpc) is 3.51. The minimum Gasteiger partial charge on any atom is -0.419 e. The predicted octanol–water partition coefficient (Wildman–Crippen LogP) is 3.33. The van der Waals surface area contributed by atoms with E-state index in [1.165, 1.54) is 0 Å². The van der Waals surface area contributed by atoms with Crippen LogP contribution < -0.4 is 11.3 Å². The van der Waals surface area contributed by atoms with Gasteiger partial charge in [0.15, 0.2) is 16.9 Å². The Kier molecular flexibility index (Phi) is 5.96. The lowest BCUT2D eigenvalue weighted by Gasteiger charge is -2.34.